The molecule has 0 aliphatic rings. The van der Waals surface area contributed by atoms with Crippen molar-refractivity contribution in [2.45, 2.75) is 13.5 Å². The van der Waals surface area contributed by atoms with Gasteiger partial charge < -0.3 is 11.1 Å². The van der Waals surface area contributed by atoms with Crippen molar-refractivity contribution in [1.82, 2.24) is 9.97 Å². The predicted octanol–water partition coefficient (Wildman–Crippen LogP) is 2.63. The average molecular weight is 249 g/mol. The van der Waals surface area contributed by atoms with E-state index in [1.807, 2.05) is 25.1 Å². The van der Waals surface area contributed by atoms with E-state index in [0.717, 1.165) is 11.4 Å². The van der Waals surface area contributed by atoms with Gasteiger partial charge >= 0.3 is 0 Å². The summed E-state index contributed by atoms with van der Waals surface area (Å²) in [6.45, 7) is 2.54. The first kappa shape index (κ1) is 11.7. The first-order valence-corrected chi connectivity index (χ1v) is 5.60. The van der Waals surface area contributed by atoms with E-state index in [1.54, 1.807) is 12.3 Å². The van der Waals surface area contributed by atoms with Gasteiger partial charge in [0, 0.05) is 11.9 Å². The molecule has 0 atom stereocenters. The number of halogens is 1. The molecule has 0 bridgehead atoms. The number of anilines is 2. The molecule has 0 saturated heterocycles. The Hall–Kier alpha value is -1.81. The molecule has 88 valence electrons. The summed E-state index contributed by atoms with van der Waals surface area (Å²) >= 11 is 5.77. The molecule has 17 heavy (non-hydrogen) atoms. The number of aryl methyl sites for hydroxylation is 1. The van der Waals surface area contributed by atoms with Gasteiger partial charge in [-0.3, -0.25) is 4.98 Å². The quantitative estimate of drug-likeness (QED) is 0.877. The number of hydrogen-bond acceptors (Lipinski definition) is 4. The van der Waals surface area contributed by atoms with Crippen LogP contribution in [0.25, 0.3) is 0 Å². The molecule has 4 nitrogen and oxygen atoms in total. The molecule has 3 N–H and O–H groups in total. The van der Waals surface area contributed by atoms with E-state index in [4.69, 9.17) is 17.3 Å². The number of nitrogens with zero attached hydrogens (tertiary/aromatic N) is 2. The van der Waals surface area contributed by atoms with Crippen LogP contribution in [0.3, 0.4) is 0 Å². The van der Waals surface area contributed by atoms with E-state index < -0.39 is 0 Å². The Morgan fingerprint density at radius 2 is 2.24 bits per heavy atom. The topological polar surface area (TPSA) is 63.8 Å². The largest absolute Gasteiger partial charge is 0.396 e. The molecular weight excluding hydrogens is 236 g/mol. The summed E-state index contributed by atoms with van der Waals surface area (Å²) in [6.07, 6.45) is 1.56. The summed E-state index contributed by atoms with van der Waals surface area (Å²) in [7, 11) is 0. The molecule has 2 heterocycles. The third-order valence-electron chi connectivity index (χ3n) is 2.27. The highest BCUT2D eigenvalue weighted by Gasteiger charge is 2.02. The second kappa shape index (κ2) is 5.01. The smallest absolute Gasteiger partial charge is 0.149 e. The molecule has 2 aromatic rings. The lowest BCUT2D eigenvalue weighted by Crippen LogP contribution is -2.06. The lowest BCUT2D eigenvalue weighted by Gasteiger charge is -2.08. The van der Waals surface area contributed by atoms with Gasteiger partial charge in [-0.05, 0) is 25.1 Å². The molecular formula is C12H13ClN4. The van der Waals surface area contributed by atoms with Crippen LogP contribution in [0.4, 0.5) is 11.5 Å². The van der Waals surface area contributed by atoms with Crippen LogP contribution in [-0.4, -0.2) is 9.97 Å². The Kier molecular flexibility index (Phi) is 3.44. The van der Waals surface area contributed by atoms with Gasteiger partial charge in [-0.2, -0.15) is 0 Å². The number of pyridine rings is 2. The SMILES string of the molecule is Cc1cccc(CNc2ncc(Cl)cc2N)n1. The average Bonchev–Trinajstić information content (AvgIpc) is 2.28. The molecule has 0 unspecified atom stereocenters. The zero-order valence-electron chi connectivity index (χ0n) is 9.44. The maximum atomic E-state index is 5.79. The van der Waals surface area contributed by atoms with Crippen molar-refractivity contribution in [3.05, 3.63) is 46.9 Å². The standard InChI is InChI=1S/C12H13ClN4/c1-8-3-2-4-10(17-8)7-16-12-11(14)5-9(13)6-15-12/h2-6H,7,14H2,1H3,(H,15,16). The van der Waals surface area contributed by atoms with Crippen molar-refractivity contribution in [2.24, 2.45) is 0 Å². The highest BCUT2D eigenvalue weighted by molar-refractivity contribution is 6.30. The van der Waals surface area contributed by atoms with Crippen molar-refractivity contribution >= 4 is 23.1 Å². The second-order valence-electron chi connectivity index (χ2n) is 3.72. The van der Waals surface area contributed by atoms with Crippen LogP contribution in [0.15, 0.2) is 30.5 Å². The van der Waals surface area contributed by atoms with Gasteiger partial charge in [0.05, 0.1) is 22.9 Å². The molecule has 0 spiro atoms. The van der Waals surface area contributed by atoms with Gasteiger partial charge in [0.1, 0.15) is 5.82 Å². The summed E-state index contributed by atoms with van der Waals surface area (Å²) in [4.78, 5) is 8.50. The number of aromatic nitrogens is 2. The maximum absolute atomic E-state index is 5.79. The van der Waals surface area contributed by atoms with Crippen molar-refractivity contribution < 1.29 is 0 Å². The van der Waals surface area contributed by atoms with E-state index in [1.165, 1.54) is 0 Å². The molecule has 0 aromatic carbocycles. The van der Waals surface area contributed by atoms with E-state index >= 15 is 0 Å². The molecule has 2 rings (SSSR count). The number of nitrogens with one attached hydrogen (secondary N) is 1. The van der Waals surface area contributed by atoms with Crippen LogP contribution in [0.5, 0.6) is 0 Å². The van der Waals surface area contributed by atoms with Crippen LogP contribution in [0.1, 0.15) is 11.4 Å². The highest BCUT2D eigenvalue weighted by atomic mass is 35.5. The van der Waals surface area contributed by atoms with Crippen LogP contribution in [0, 0.1) is 6.92 Å². The van der Waals surface area contributed by atoms with Gasteiger partial charge in [-0.15, -0.1) is 0 Å². The van der Waals surface area contributed by atoms with Gasteiger partial charge in [0.15, 0.2) is 0 Å². The maximum Gasteiger partial charge on any atom is 0.149 e. The summed E-state index contributed by atoms with van der Waals surface area (Å²) in [5, 5.41) is 3.66. The fraction of sp³-hybridized carbons (Fsp3) is 0.167. The predicted molar refractivity (Wildman–Crippen MR) is 70.0 cm³/mol. The number of rotatable bonds is 3. The summed E-state index contributed by atoms with van der Waals surface area (Å²) < 4.78 is 0. The number of nitrogen functional groups attached to an aromatic ring is 1. The van der Waals surface area contributed by atoms with Crippen LogP contribution < -0.4 is 11.1 Å². The van der Waals surface area contributed by atoms with Gasteiger partial charge in [-0.1, -0.05) is 17.7 Å². The molecule has 5 heteroatoms. The van der Waals surface area contributed by atoms with E-state index in [-0.39, 0.29) is 0 Å². The fourth-order valence-electron chi connectivity index (χ4n) is 1.47. The Morgan fingerprint density at radius 3 is 2.94 bits per heavy atom. The van der Waals surface area contributed by atoms with Crippen LogP contribution >= 0.6 is 11.6 Å². The minimum Gasteiger partial charge on any atom is -0.396 e. The molecule has 2 aromatic heterocycles. The van der Waals surface area contributed by atoms with E-state index in [2.05, 4.69) is 15.3 Å². The lowest BCUT2D eigenvalue weighted by atomic mass is 10.3. The first-order chi connectivity index (χ1) is 8.15. The minimum atomic E-state index is 0.529. The summed E-state index contributed by atoms with van der Waals surface area (Å²) in [6, 6.07) is 7.54. The second-order valence-corrected chi connectivity index (χ2v) is 4.15. The van der Waals surface area contributed by atoms with Crippen molar-refractivity contribution in [2.75, 3.05) is 11.1 Å². The molecule has 0 aliphatic carbocycles. The third-order valence-corrected chi connectivity index (χ3v) is 2.47. The van der Waals surface area contributed by atoms with E-state index in [0.29, 0.717) is 23.1 Å². The first-order valence-electron chi connectivity index (χ1n) is 5.22. The highest BCUT2D eigenvalue weighted by Crippen LogP contribution is 2.19. The molecule has 0 aliphatic heterocycles. The van der Waals surface area contributed by atoms with Crippen LogP contribution in [0.2, 0.25) is 5.02 Å². The summed E-state index contributed by atoms with van der Waals surface area (Å²) in [5.74, 6) is 0.623. The third kappa shape index (κ3) is 3.07. The van der Waals surface area contributed by atoms with E-state index in [9.17, 15) is 0 Å². The van der Waals surface area contributed by atoms with Crippen LogP contribution in [-0.2, 0) is 6.54 Å². The van der Waals surface area contributed by atoms with Crippen molar-refractivity contribution in [1.29, 1.82) is 0 Å². The van der Waals surface area contributed by atoms with Crippen molar-refractivity contribution in [3.8, 4) is 0 Å². The van der Waals surface area contributed by atoms with Gasteiger partial charge in [0.25, 0.3) is 0 Å². The zero-order valence-corrected chi connectivity index (χ0v) is 10.2. The monoisotopic (exact) mass is 248 g/mol. The van der Waals surface area contributed by atoms with Crippen molar-refractivity contribution in [3.63, 3.8) is 0 Å². The minimum absolute atomic E-state index is 0.529. The Labute approximate surface area is 105 Å². The van der Waals surface area contributed by atoms with Gasteiger partial charge in [-0.25, -0.2) is 4.98 Å². The molecule has 0 radical (unpaired) electrons. The van der Waals surface area contributed by atoms with Gasteiger partial charge in [0.2, 0.25) is 0 Å². The molecule has 0 fully saturated rings. The number of hydrogen-bond donors (Lipinski definition) is 2. The Morgan fingerprint density at radius 1 is 1.41 bits per heavy atom. The summed E-state index contributed by atoms with van der Waals surface area (Å²) in [5.41, 5.74) is 8.25. The lowest BCUT2D eigenvalue weighted by molar-refractivity contribution is 1.00. The Balaban J connectivity index is 2.07. The fourth-order valence-corrected chi connectivity index (χ4v) is 1.64. The Bertz CT molecular complexity index is 528. The molecule has 0 amide bonds. The number of nitrogens with two attached hydrogens (primary N) is 1. The zero-order chi connectivity index (χ0) is 12.3. The molecule has 0 saturated carbocycles. The normalized spacial score (nSPS) is 10.2.